The van der Waals surface area contributed by atoms with Crippen LogP contribution in [0.25, 0.3) is 17.1 Å². The minimum Gasteiger partial charge on any atom is -0.493 e. The number of hydrogen-bond acceptors (Lipinski definition) is 4. The number of ether oxygens (including phenoxy) is 2. The van der Waals surface area contributed by atoms with Crippen LogP contribution in [0.1, 0.15) is 63.8 Å². The molecule has 188 valence electrons. The topological polar surface area (TPSA) is 65.4 Å². The van der Waals surface area contributed by atoms with Crippen LogP contribution in [-0.2, 0) is 17.8 Å². The first kappa shape index (κ1) is 26.3. The zero-order valence-electron chi connectivity index (χ0n) is 21.4. The van der Waals surface area contributed by atoms with Gasteiger partial charge in [-0.1, -0.05) is 43.7 Å². The van der Waals surface area contributed by atoms with E-state index in [0.29, 0.717) is 13.0 Å². The number of fused-ring (bicyclic) bond motifs is 1. The fourth-order valence-corrected chi connectivity index (χ4v) is 4.20. The largest absolute Gasteiger partial charge is 0.493 e. The number of aryl methyl sites for hydroxylation is 2. The van der Waals surface area contributed by atoms with Crippen molar-refractivity contribution < 1.29 is 14.3 Å². The predicted octanol–water partition coefficient (Wildman–Crippen LogP) is 6.18. The third-order valence-electron chi connectivity index (χ3n) is 5.94. The number of nitrogens with zero attached hydrogens (tertiary/aromatic N) is 2. The number of aromatic nitrogens is 2. The minimum atomic E-state index is 0.155. The Morgan fingerprint density at radius 3 is 2.74 bits per heavy atom. The number of nitrogens with one attached hydrogen (secondary N) is 1. The molecular weight excluding hydrogens is 438 g/mol. The van der Waals surface area contributed by atoms with Crippen molar-refractivity contribution in [2.45, 2.75) is 65.3 Å². The van der Waals surface area contributed by atoms with E-state index in [1.807, 2.05) is 50.3 Å². The Bertz CT molecular complexity index is 1100. The molecule has 0 radical (unpaired) electrons. The van der Waals surface area contributed by atoms with Gasteiger partial charge in [0.1, 0.15) is 5.82 Å². The molecule has 1 heterocycles. The first-order valence-electron chi connectivity index (χ1n) is 12.8. The molecule has 0 saturated heterocycles. The Morgan fingerprint density at radius 1 is 1.09 bits per heavy atom. The highest BCUT2D eigenvalue weighted by Gasteiger charge is 2.11. The van der Waals surface area contributed by atoms with E-state index >= 15 is 0 Å². The quantitative estimate of drug-likeness (QED) is 0.266. The molecule has 0 aliphatic heterocycles. The molecule has 0 saturated carbocycles. The summed E-state index contributed by atoms with van der Waals surface area (Å²) in [6.07, 6.45) is 10.5. The third kappa shape index (κ3) is 7.88. The molecule has 0 aliphatic rings. The number of amides is 1. The maximum Gasteiger partial charge on any atom is 0.219 e. The standard InChI is InChI=1S/C29H39N3O3/c1-4-12-23-17-18-26(27(22-23)34-3)35-21-11-20-32-25-15-9-8-14-24(25)31-28(32)16-7-6-10-19-30-29(33)13-5-2/h4,8-9,12,14-15,17-18,22H,5-7,10-11,13,16,19-21H2,1-3H3,(H,30,33)/b12-4+. The van der Waals surface area contributed by atoms with Crippen LogP contribution in [0.5, 0.6) is 11.5 Å². The van der Waals surface area contributed by atoms with Gasteiger partial charge in [-0.25, -0.2) is 4.98 Å². The summed E-state index contributed by atoms with van der Waals surface area (Å²) >= 11 is 0. The van der Waals surface area contributed by atoms with Crippen LogP contribution >= 0.6 is 0 Å². The second-order valence-electron chi connectivity index (χ2n) is 8.69. The van der Waals surface area contributed by atoms with E-state index in [1.54, 1.807) is 7.11 Å². The number of carbonyl (C=O) groups is 1. The van der Waals surface area contributed by atoms with Crippen molar-refractivity contribution >= 4 is 23.0 Å². The molecule has 3 aromatic rings. The molecule has 35 heavy (non-hydrogen) atoms. The van der Waals surface area contributed by atoms with Crippen molar-refractivity contribution in [1.82, 2.24) is 14.9 Å². The van der Waals surface area contributed by atoms with E-state index in [1.165, 1.54) is 5.52 Å². The molecule has 0 bridgehead atoms. The normalized spacial score (nSPS) is 11.3. The molecule has 0 unspecified atom stereocenters. The fraction of sp³-hybridized carbons (Fsp3) is 0.448. The van der Waals surface area contributed by atoms with E-state index in [2.05, 4.69) is 28.1 Å². The van der Waals surface area contributed by atoms with Crippen molar-refractivity contribution in [3.63, 3.8) is 0 Å². The van der Waals surface area contributed by atoms with Crippen molar-refractivity contribution in [3.05, 3.63) is 59.9 Å². The van der Waals surface area contributed by atoms with Crippen LogP contribution in [0.4, 0.5) is 0 Å². The molecule has 1 N–H and O–H groups in total. The van der Waals surface area contributed by atoms with Gasteiger partial charge in [-0.2, -0.15) is 0 Å². The summed E-state index contributed by atoms with van der Waals surface area (Å²) in [5.41, 5.74) is 3.30. The summed E-state index contributed by atoms with van der Waals surface area (Å²) in [5, 5.41) is 2.99. The van der Waals surface area contributed by atoms with Gasteiger partial charge in [-0.15, -0.1) is 0 Å². The number of imidazole rings is 1. The smallest absolute Gasteiger partial charge is 0.219 e. The summed E-state index contributed by atoms with van der Waals surface area (Å²) in [4.78, 5) is 16.5. The lowest BCUT2D eigenvalue weighted by Crippen LogP contribution is -2.23. The highest BCUT2D eigenvalue weighted by atomic mass is 16.5. The van der Waals surface area contributed by atoms with E-state index in [9.17, 15) is 4.79 Å². The van der Waals surface area contributed by atoms with Crippen LogP contribution < -0.4 is 14.8 Å². The van der Waals surface area contributed by atoms with Crippen LogP contribution in [-0.4, -0.2) is 35.7 Å². The molecule has 1 amide bonds. The van der Waals surface area contributed by atoms with Gasteiger partial charge in [0.2, 0.25) is 5.91 Å². The van der Waals surface area contributed by atoms with Crippen LogP contribution in [0, 0.1) is 0 Å². The van der Waals surface area contributed by atoms with Crippen LogP contribution in [0.15, 0.2) is 48.5 Å². The fourth-order valence-electron chi connectivity index (χ4n) is 4.20. The monoisotopic (exact) mass is 477 g/mol. The maximum absolute atomic E-state index is 11.6. The van der Waals surface area contributed by atoms with E-state index in [-0.39, 0.29) is 5.91 Å². The Labute approximate surface area is 209 Å². The average Bonchev–Trinajstić information content (AvgIpc) is 3.22. The second-order valence-corrected chi connectivity index (χ2v) is 8.69. The van der Waals surface area contributed by atoms with E-state index < -0.39 is 0 Å². The highest BCUT2D eigenvalue weighted by Crippen LogP contribution is 2.29. The van der Waals surface area contributed by atoms with Gasteiger partial charge in [0.15, 0.2) is 11.5 Å². The Hall–Kier alpha value is -3.28. The summed E-state index contributed by atoms with van der Waals surface area (Å²) in [7, 11) is 1.67. The van der Waals surface area contributed by atoms with Crippen molar-refractivity contribution in [1.29, 1.82) is 0 Å². The van der Waals surface area contributed by atoms with Gasteiger partial charge in [0.25, 0.3) is 0 Å². The molecular formula is C29H39N3O3. The molecule has 6 heteroatoms. The molecule has 6 nitrogen and oxygen atoms in total. The number of allylic oxidation sites excluding steroid dienone is 1. The molecule has 2 aromatic carbocycles. The number of carbonyl (C=O) groups excluding carboxylic acids is 1. The lowest BCUT2D eigenvalue weighted by molar-refractivity contribution is -0.121. The SMILES string of the molecule is C/C=C/c1ccc(OCCCn2c(CCCCCNC(=O)CCC)nc3ccccc32)c(OC)c1. The Morgan fingerprint density at radius 2 is 1.94 bits per heavy atom. The molecule has 0 aliphatic carbocycles. The average molecular weight is 478 g/mol. The lowest BCUT2D eigenvalue weighted by Gasteiger charge is -2.13. The van der Waals surface area contributed by atoms with Gasteiger partial charge in [0.05, 0.1) is 24.8 Å². The number of para-hydroxylation sites is 2. The molecule has 0 atom stereocenters. The zero-order valence-corrected chi connectivity index (χ0v) is 21.4. The number of rotatable bonds is 15. The summed E-state index contributed by atoms with van der Waals surface area (Å²) in [6, 6.07) is 14.3. The molecule has 0 spiro atoms. The van der Waals surface area contributed by atoms with Crippen molar-refractivity contribution in [2.24, 2.45) is 0 Å². The third-order valence-corrected chi connectivity index (χ3v) is 5.94. The molecule has 3 rings (SSSR count). The van der Waals surface area contributed by atoms with Gasteiger partial charge in [0, 0.05) is 25.9 Å². The van der Waals surface area contributed by atoms with Crippen LogP contribution in [0.2, 0.25) is 0 Å². The van der Waals surface area contributed by atoms with E-state index in [0.717, 1.165) is 80.0 Å². The van der Waals surface area contributed by atoms with Crippen LogP contribution in [0.3, 0.4) is 0 Å². The first-order chi connectivity index (χ1) is 17.2. The van der Waals surface area contributed by atoms with Crippen molar-refractivity contribution in [3.8, 4) is 11.5 Å². The van der Waals surface area contributed by atoms with Gasteiger partial charge >= 0.3 is 0 Å². The molecule has 1 aromatic heterocycles. The second kappa shape index (κ2) is 14.2. The number of methoxy groups -OCH3 is 1. The van der Waals surface area contributed by atoms with E-state index in [4.69, 9.17) is 14.5 Å². The Kier molecular flexibility index (Phi) is 10.7. The van der Waals surface area contributed by atoms with Crippen molar-refractivity contribution in [2.75, 3.05) is 20.3 Å². The number of unbranched alkanes of at least 4 members (excludes halogenated alkanes) is 2. The number of benzene rings is 2. The lowest BCUT2D eigenvalue weighted by atomic mass is 10.2. The minimum absolute atomic E-state index is 0.155. The summed E-state index contributed by atoms with van der Waals surface area (Å²) in [6.45, 7) is 6.23. The maximum atomic E-state index is 11.6. The zero-order chi connectivity index (χ0) is 24.9. The Balaban J connectivity index is 1.53. The number of hydrogen-bond donors (Lipinski definition) is 1. The summed E-state index contributed by atoms with van der Waals surface area (Å²) < 4.78 is 13.9. The summed E-state index contributed by atoms with van der Waals surface area (Å²) in [5.74, 6) is 2.79. The first-order valence-corrected chi connectivity index (χ1v) is 12.8. The molecule has 0 fully saturated rings. The van der Waals surface area contributed by atoms with Gasteiger partial charge in [-0.3, -0.25) is 4.79 Å². The predicted molar refractivity (Wildman–Crippen MR) is 143 cm³/mol. The highest BCUT2D eigenvalue weighted by molar-refractivity contribution is 5.76. The van der Waals surface area contributed by atoms with Gasteiger partial charge in [-0.05, 0) is 62.4 Å². The van der Waals surface area contributed by atoms with Gasteiger partial charge < -0.3 is 19.4 Å².